The maximum atomic E-state index is 15.4. The third-order valence-corrected chi connectivity index (χ3v) is 10.4. The van der Waals surface area contributed by atoms with Crippen molar-refractivity contribution in [2.75, 3.05) is 13.1 Å². The van der Waals surface area contributed by atoms with Crippen LogP contribution in [0, 0.1) is 34.5 Å². The largest absolute Gasteiger partial charge is 0.374 e. The predicted octanol–water partition coefficient (Wildman–Crippen LogP) is 7.49. The van der Waals surface area contributed by atoms with Gasteiger partial charge in [-0.3, -0.25) is 4.79 Å². The minimum absolute atomic E-state index is 0.0259. The zero-order chi connectivity index (χ0) is 25.7. The van der Waals surface area contributed by atoms with Crippen molar-refractivity contribution in [1.29, 1.82) is 0 Å². The lowest BCUT2D eigenvalue weighted by Gasteiger charge is -2.69. The molecule has 5 rings (SSSR count). The number of likely N-dealkylation sites (tertiary alicyclic amines) is 1. The maximum Gasteiger partial charge on any atom is 0.137 e. The lowest BCUT2D eigenvalue weighted by atomic mass is 9.39. The smallest absolute Gasteiger partial charge is 0.137 e. The Labute approximate surface area is 217 Å². The molecule has 194 valence electrons. The summed E-state index contributed by atoms with van der Waals surface area (Å²) < 4.78 is 15.4. The number of carbonyl (C=O) groups excluding carboxylic acids is 1. The SMILES string of the molecule is C=C=C1C(C2CCC(C)CC2F)CC(=O)C(Cc2ccc(CC)cc2)C12CC1(CN(/C(C)=C\C)C1)C2. The molecule has 1 aromatic carbocycles. The summed E-state index contributed by atoms with van der Waals surface area (Å²) in [5, 5.41) is 0. The van der Waals surface area contributed by atoms with Crippen LogP contribution in [0.15, 0.2) is 53.9 Å². The van der Waals surface area contributed by atoms with Crippen molar-refractivity contribution in [3.8, 4) is 0 Å². The van der Waals surface area contributed by atoms with E-state index in [0.29, 0.717) is 24.5 Å². The van der Waals surface area contributed by atoms with E-state index in [1.165, 1.54) is 22.4 Å². The van der Waals surface area contributed by atoms with Crippen LogP contribution >= 0.6 is 0 Å². The number of rotatable bonds is 5. The van der Waals surface area contributed by atoms with E-state index in [4.69, 9.17) is 0 Å². The van der Waals surface area contributed by atoms with Gasteiger partial charge in [-0.2, -0.15) is 0 Å². The number of ketones is 1. The number of Topliss-reactive ketones (excluding diaryl/α,β-unsaturated/α-hetero) is 1. The van der Waals surface area contributed by atoms with Gasteiger partial charge in [0.2, 0.25) is 0 Å². The van der Waals surface area contributed by atoms with E-state index in [-0.39, 0.29) is 28.6 Å². The Kier molecular flexibility index (Phi) is 6.83. The molecular formula is C33H44FNO. The highest BCUT2D eigenvalue weighted by Crippen LogP contribution is 2.69. The molecule has 2 spiro atoms. The zero-order valence-electron chi connectivity index (χ0n) is 22.8. The molecule has 0 N–H and O–H groups in total. The maximum absolute atomic E-state index is 15.4. The van der Waals surface area contributed by atoms with Gasteiger partial charge in [0, 0.05) is 47.9 Å². The minimum Gasteiger partial charge on any atom is -0.374 e. The molecule has 36 heavy (non-hydrogen) atoms. The number of hydrogen-bond donors (Lipinski definition) is 0. The van der Waals surface area contributed by atoms with E-state index in [0.717, 1.165) is 51.6 Å². The molecule has 0 radical (unpaired) electrons. The predicted molar refractivity (Wildman–Crippen MR) is 145 cm³/mol. The zero-order valence-corrected chi connectivity index (χ0v) is 22.8. The number of hydrogen-bond acceptors (Lipinski definition) is 2. The first-order valence-electron chi connectivity index (χ1n) is 14.3. The summed E-state index contributed by atoms with van der Waals surface area (Å²) in [5.74, 6) is 0.647. The molecule has 4 fully saturated rings. The summed E-state index contributed by atoms with van der Waals surface area (Å²) in [5.41, 5.74) is 8.55. The highest BCUT2D eigenvalue weighted by Gasteiger charge is 2.67. The minimum atomic E-state index is -0.823. The molecule has 1 heterocycles. The number of alkyl halides is 1. The average Bonchev–Trinajstić information content (AvgIpc) is 2.82. The van der Waals surface area contributed by atoms with Gasteiger partial charge in [0.05, 0.1) is 0 Å². The highest BCUT2D eigenvalue weighted by molar-refractivity contribution is 5.85. The van der Waals surface area contributed by atoms with Gasteiger partial charge >= 0.3 is 0 Å². The van der Waals surface area contributed by atoms with Crippen molar-refractivity contribution in [2.24, 2.45) is 34.5 Å². The van der Waals surface area contributed by atoms with Crippen LogP contribution < -0.4 is 0 Å². The van der Waals surface area contributed by atoms with Crippen molar-refractivity contribution >= 4 is 5.78 Å². The standard InChI is InChI=1S/C33H44FNO/c1-6-23(5)35-20-32(21-35)18-33(19-32)28(8-3)27(26-14-9-22(4)15-30(26)34)17-31(36)29(33)16-25-12-10-24(7-2)11-13-25/h6,10-13,22,26-27,29-30H,3,7,9,14-21H2,1-2,4-5H3/b23-6-. The Balaban J connectivity index is 1.45. The number of aryl methyl sites for hydroxylation is 1. The van der Waals surface area contributed by atoms with Crippen LogP contribution in [0.5, 0.6) is 0 Å². The fourth-order valence-corrected chi connectivity index (χ4v) is 8.39. The van der Waals surface area contributed by atoms with Gasteiger partial charge in [0.1, 0.15) is 12.0 Å². The first-order chi connectivity index (χ1) is 17.2. The molecule has 0 aromatic heterocycles. The van der Waals surface area contributed by atoms with E-state index in [1.807, 2.05) is 0 Å². The third kappa shape index (κ3) is 4.22. The number of nitrogens with zero attached hydrogens (tertiary/aromatic N) is 1. The summed E-state index contributed by atoms with van der Waals surface area (Å²) in [4.78, 5) is 16.4. The molecular weight excluding hydrogens is 445 g/mol. The van der Waals surface area contributed by atoms with Crippen molar-refractivity contribution in [3.05, 3.63) is 65.0 Å². The second-order valence-corrected chi connectivity index (χ2v) is 12.7. The van der Waals surface area contributed by atoms with Crippen LogP contribution in [-0.2, 0) is 17.6 Å². The van der Waals surface area contributed by atoms with Gasteiger partial charge in [-0.05, 0) is 80.9 Å². The number of benzene rings is 1. The molecule has 3 heteroatoms. The Hall–Kier alpha value is -2.12. The summed E-state index contributed by atoms with van der Waals surface area (Å²) in [7, 11) is 0. The van der Waals surface area contributed by atoms with E-state index in [2.05, 4.69) is 75.2 Å². The van der Waals surface area contributed by atoms with E-state index >= 15 is 4.39 Å². The molecule has 2 nitrogen and oxygen atoms in total. The van der Waals surface area contributed by atoms with Crippen LogP contribution in [0.3, 0.4) is 0 Å². The number of halogens is 1. The van der Waals surface area contributed by atoms with E-state index < -0.39 is 6.17 Å². The molecule has 3 aliphatic carbocycles. The summed E-state index contributed by atoms with van der Waals surface area (Å²) in [6.45, 7) is 14.9. The second-order valence-electron chi connectivity index (χ2n) is 12.7. The van der Waals surface area contributed by atoms with E-state index in [1.54, 1.807) is 0 Å². The van der Waals surface area contributed by atoms with Crippen molar-refractivity contribution in [1.82, 2.24) is 4.90 Å². The summed E-state index contributed by atoms with van der Waals surface area (Å²) in [6.07, 6.45) is 8.22. The summed E-state index contributed by atoms with van der Waals surface area (Å²) in [6, 6.07) is 8.81. The Bertz CT molecular complexity index is 1060. The Morgan fingerprint density at radius 1 is 1.19 bits per heavy atom. The normalized spacial score (nSPS) is 33.3. The molecule has 1 saturated heterocycles. The van der Waals surface area contributed by atoms with Crippen molar-refractivity contribution < 1.29 is 9.18 Å². The van der Waals surface area contributed by atoms with Crippen LogP contribution in [0.2, 0.25) is 0 Å². The van der Waals surface area contributed by atoms with Crippen LogP contribution in [-0.4, -0.2) is 29.9 Å². The lowest BCUT2D eigenvalue weighted by Crippen LogP contribution is -2.69. The van der Waals surface area contributed by atoms with Crippen molar-refractivity contribution in [2.45, 2.75) is 85.2 Å². The first-order valence-corrected chi connectivity index (χ1v) is 14.3. The van der Waals surface area contributed by atoms with E-state index in [9.17, 15) is 4.79 Å². The number of allylic oxidation sites excluding steroid dienone is 3. The van der Waals surface area contributed by atoms with Crippen LogP contribution in [0.25, 0.3) is 0 Å². The molecule has 3 saturated carbocycles. The fourth-order valence-electron chi connectivity index (χ4n) is 8.39. The monoisotopic (exact) mass is 489 g/mol. The van der Waals surface area contributed by atoms with Gasteiger partial charge in [-0.1, -0.05) is 57.2 Å². The fraction of sp³-hybridized carbons (Fsp3) is 0.636. The quantitative estimate of drug-likeness (QED) is 0.399. The topological polar surface area (TPSA) is 20.3 Å². The third-order valence-electron chi connectivity index (χ3n) is 10.4. The van der Waals surface area contributed by atoms with Gasteiger partial charge in [0.25, 0.3) is 0 Å². The van der Waals surface area contributed by atoms with Crippen molar-refractivity contribution in [3.63, 3.8) is 0 Å². The van der Waals surface area contributed by atoms with Crippen LogP contribution in [0.4, 0.5) is 4.39 Å². The molecule has 1 aromatic rings. The van der Waals surface area contributed by atoms with Crippen LogP contribution in [0.1, 0.15) is 77.3 Å². The summed E-state index contributed by atoms with van der Waals surface area (Å²) >= 11 is 0. The molecule has 4 aliphatic rings. The average molecular weight is 490 g/mol. The molecule has 5 atom stereocenters. The molecule has 1 aliphatic heterocycles. The van der Waals surface area contributed by atoms with Gasteiger partial charge < -0.3 is 4.90 Å². The Morgan fingerprint density at radius 3 is 2.44 bits per heavy atom. The van der Waals surface area contributed by atoms with Gasteiger partial charge in [0.15, 0.2) is 0 Å². The highest BCUT2D eigenvalue weighted by atomic mass is 19.1. The van der Waals surface area contributed by atoms with Gasteiger partial charge in [-0.25, -0.2) is 4.39 Å². The van der Waals surface area contributed by atoms with Gasteiger partial charge in [-0.15, -0.1) is 5.73 Å². The second kappa shape index (κ2) is 9.64. The lowest BCUT2D eigenvalue weighted by molar-refractivity contribution is -0.165. The molecule has 0 bridgehead atoms. The first kappa shape index (κ1) is 25.5. The Morgan fingerprint density at radius 2 is 1.86 bits per heavy atom. The molecule has 0 amide bonds. The molecule has 5 unspecified atom stereocenters. The number of carbonyl (C=O) groups is 1.